The molecule has 0 heterocycles. The van der Waals surface area contributed by atoms with Crippen molar-refractivity contribution >= 4 is 11.8 Å². The summed E-state index contributed by atoms with van der Waals surface area (Å²) in [7, 11) is 0. The van der Waals surface area contributed by atoms with Gasteiger partial charge >= 0.3 is 0 Å². The first-order valence-corrected chi connectivity index (χ1v) is 11.5. The summed E-state index contributed by atoms with van der Waals surface area (Å²) in [6.07, 6.45) is 5.92. The molecule has 0 radical (unpaired) electrons. The van der Waals surface area contributed by atoms with E-state index < -0.39 is 11.8 Å². The Balaban J connectivity index is 1.74. The number of carbonyl (C=O) groups is 2. The third kappa shape index (κ3) is 8.61. The van der Waals surface area contributed by atoms with Gasteiger partial charge in [0.1, 0.15) is 11.5 Å². The molecule has 2 aromatic carbocycles. The second-order valence-electron chi connectivity index (χ2n) is 8.27. The Hall–Kier alpha value is -3.02. The maximum atomic E-state index is 12.3. The first-order valence-electron chi connectivity index (χ1n) is 11.5. The van der Waals surface area contributed by atoms with Crippen LogP contribution in [0.5, 0.6) is 11.5 Å². The van der Waals surface area contributed by atoms with Gasteiger partial charge in [-0.15, -0.1) is 0 Å². The standard InChI is InChI=1S/C26H36N2O4/c1-5-6-7-8-9-16-31-22-13-11-21(12-14-22)26(30)28-27-25(29)18-32-24-17-20(4)10-15-23(24)19(2)3/h10-15,17,19H,5-9,16,18H2,1-4H3,(H,27,29)(H,28,30). The quantitative estimate of drug-likeness (QED) is 0.346. The summed E-state index contributed by atoms with van der Waals surface area (Å²) in [4.78, 5) is 24.4. The number of unbranched alkanes of at least 4 members (excludes halogenated alkanes) is 4. The summed E-state index contributed by atoms with van der Waals surface area (Å²) in [6.45, 7) is 8.80. The average Bonchev–Trinajstić information content (AvgIpc) is 2.78. The molecule has 0 fully saturated rings. The lowest BCUT2D eigenvalue weighted by Crippen LogP contribution is -2.43. The monoisotopic (exact) mass is 440 g/mol. The van der Waals surface area contributed by atoms with Crippen molar-refractivity contribution in [2.45, 2.75) is 65.7 Å². The van der Waals surface area contributed by atoms with Crippen molar-refractivity contribution in [2.75, 3.05) is 13.2 Å². The number of amides is 2. The fraction of sp³-hybridized carbons (Fsp3) is 0.462. The largest absolute Gasteiger partial charge is 0.494 e. The molecular formula is C26H36N2O4. The molecule has 32 heavy (non-hydrogen) atoms. The molecule has 6 nitrogen and oxygen atoms in total. The summed E-state index contributed by atoms with van der Waals surface area (Å²) >= 11 is 0. The Kier molecular flexibility index (Phi) is 10.6. The first-order chi connectivity index (χ1) is 15.4. The van der Waals surface area contributed by atoms with Crippen molar-refractivity contribution in [2.24, 2.45) is 0 Å². The van der Waals surface area contributed by atoms with Crippen molar-refractivity contribution in [3.8, 4) is 11.5 Å². The van der Waals surface area contributed by atoms with Crippen LogP contribution in [-0.4, -0.2) is 25.0 Å². The number of rotatable bonds is 12. The van der Waals surface area contributed by atoms with E-state index in [1.807, 2.05) is 25.1 Å². The summed E-state index contributed by atoms with van der Waals surface area (Å²) in [5.41, 5.74) is 7.34. The van der Waals surface area contributed by atoms with Gasteiger partial charge in [-0.05, 0) is 60.7 Å². The Morgan fingerprint density at radius 3 is 2.31 bits per heavy atom. The van der Waals surface area contributed by atoms with Crippen molar-refractivity contribution in [1.82, 2.24) is 10.9 Å². The van der Waals surface area contributed by atoms with Gasteiger partial charge in [0.15, 0.2) is 6.61 Å². The smallest absolute Gasteiger partial charge is 0.276 e. The SMILES string of the molecule is CCCCCCCOc1ccc(C(=O)NNC(=O)COc2cc(C)ccc2C(C)C)cc1. The normalized spacial score (nSPS) is 10.7. The Morgan fingerprint density at radius 1 is 0.906 bits per heavy atom. The number of nitrogens with one attached hydrogen (secondary N) is 2. The Morgan fingerprint density at radius 2 is 1.62 bits per heavy atom. The van der Waals surface area contributed by atoms with Crippen LogP contribution in [0.25, 0.3) is 0 Å². The predicted molar refractivity (Wildman–Crippen MR) is 127 cm³/mol. The van der Waals surface area contributed by atoms with Gasteiger partial charge in [-0.25, -0.2) is 0 Å². The minimum absolute atomic E-state index is 0.186. The van der Waals surface area contributed by atoms with E-state index >= 15 is 0 Å². The molecule has 2 amide bonds. The molecule has 0 saturated heterocycles. The average molecular weight is 441 g/mol. The number of hydrazine groups is 1. The summed E-state index contributed by atoms with van der Waals surface area (Å²) in [5.74, 6) is 0.859. The third-order valence-corrected chi connectivity index (χ3v) is 5.10. The van der Waals surface area contributed by atoms with E-state index in [-0.39, 0.29) is 12.5 Å². The van der Waals surface area contributed by atoms with Crippen LogP contribution in [0.2, 0.25) is 0 Å². The number of carbonyl (C=O) groups excluding carboxylic acids is 2. The van der Waals surface area contributed by atoms with Gasteiger partial charge in [0.25, 0.3) is 11.8 Å². The van der Waals surface area contributed by atoms with Gasteiger partial charge in [0, 0.05) is 5.56 Å². The zero-order chi connectivity index (χ0) is 23.3. The first kappa shape index (κ1) is 25.2. The highest BCUT2D eigenvalue weighted by molar-refractivity contribution is 5.95. The number of hydrogen-bond donors (Lipinski definition) is 2. The van der Waals surface area contributed by atoms with Gasteiger partial charge < -0.3 is 9.47 Å². The van der Waals surface area contributed by atoms with Crippen LogP contribution in [0.1, 0.15) is 80.3 Å². The Bertz CT molecular complexity index is 863. The lowest BCUT2D eigenvalue weighted by atomic mass is 10.0. The molecule has 0 saturated carbocycles. The van der Waals surface area contributed by atoms with Gasteiger partial charge in [-0.1, -0.05) is 58.6 Å². The zero-order valence-electron chi connectivity index (χ0n) is 19.7. The molecule has 0 aliphatic carbocycles. The van der Waals surface area contributed by atoms with Gasteiger partial charge in [-0.3, -0.25) is 20.4 Å². The molecule has 0 aromatic heterocycles. The maximum absolute atomic E-state index is 12.3. The van der Waals surface area contributed by atoms with Crippen LogP contribution in [0.4, 0.5) is 0 Å². The summed E-state index contributed by atoms with van der Waals surface area (Å²) in [6, 6.07) is 12.8. The molecule has 174 valence electrons. The van der Waals surface area contributed by atoms with E-state index in [0.29, 0.717) is 17.9 Å². The van der Waals surface area contributed by atoms with Gasteiger partial charge in [-0.2, -0.15) is 0 Å². The molecule has 6 heteroatoms. The number of hydrogen-bond acceptors (Lipinski definition) is 4. The summed E-state index contributed by atoms with van der Waals surface area (Å²) in [5, 5.41) is 0. The highest BCUT2D eigenvalue weighted by Gasteiger charge is 2.12. The minimum atomic E-state index is -0.433. The predicted octanol–water partition coefficient (Wildman–Crippen LogP) is 5.31. The molecule has 0 spiro atoms. The Labute approximate surface area is 191 Å². The molecule has 2 rings (SSSR count). The van der Waals surface area contributed by atoms with Gasteiger partial charge in [0.2, 0.25) is 0 Å². The van der Waals surface area contributed by atoms with Crippen LogP contribution in [0.3, 0.4) is 0 Å². The van der Waals surface area contributed by atoms with Crippen LogP contribution >= 0.6 is 0 Å². The van der Waals surface area contributed by atoms with Crippen LogP contribution in [0.15, 0.2) is 42.5 Å². The zero-order valence-corrected chi connectivity index (χ0v) is 19.7. The molecule has 0 atom stereocenters. The molecule has 0 aliphatic rings. The van der Waals surface area contributed by atoms with E-state index in [0.717, 1.165) is 23.3 Å². The van der Waals surface area contributed by atoms with E-state index in [1.54, 1.807) is 24.3 Å². The van der Waals surface area contributed by atoms with Crippen molar-refractivity contribution in [1.29, 1.82) is 0 Å². The van der Waals surface area contributed by atoms with E-state index in [1.165, 1.54) is 25.7 Å². The topological polar surface area (TPSA) is 76.7 Å². The number of aryl methyl sites for hydroxylation is 1. The van der Waals surface area contributed by atoms with Crippen molar-refractivity contribution in [3.05, 3.63) is 59.2 Å². The van der Waals surface area contributed by atoms with Crippen LogP contribution in [0, 0.1) is 6.92 Å². The number of benzene rings is 2. The fourth-order valence-electron chi connectivity index (χ4n) is 3.22. The fourth-order valence-corrected chi connectivity index (χ4v) is 3.22. The molecule has 2 aromatic rings. The maximum Gasteiger partial charge on any atom is 0.276 e. The van der Waals surface area contributed by atoms with Crippen LogP contribution in [-0.2, 0) is 4.79 Å². The highest BCUT2D eigenvalue weighted by Crippen LogP contribution is 2.27. The molecule has 0 unspecified atom stereocenters. The van der Waals surface area contributed by atoms with Gasteiger partial charge in [0.05, 0.1) is 6.61 Å². The second-order valence-corrected chi connectivity index (χ2v) is 8.27. The summed E-state index contributed by atoms with van der Waals surface area (Å²) < 4.78 is 11.4. The lowest BCUT2D eigenvalue weighted by molar-refractivity contribution is -0.123. The van der Waals surface area contributed by atoms with Crippen molar-refractivity contribution < 1.29 is 19.1 Å². The van der Waals surface area contributed by atoms with E-state index in [9.17, 15) is 9.59 Å². The van der Waals surface area contributed by atoms with Crippen molar-refractivity contribution in [3.63, 3.8) is 0 Å². The second kappa shape index (κ2) is 13.4. The molecule has 0 bridgehead atoms. The number of ether oxygens (including phenoxy) is 2. The molecule has 0 aliphatic heterocycles. The highest BCUT2D eigenvalue weighted by atomic mass is 16.5. The molecular weight excluding hydrogens is 404 g/mol. The van der Waals surface area contributed by atoms with E-state index in [2.05, 4.69) is 31.6 Å². The minimum Gasteiger partial charge on any atom is -0.494 e. The lowest BCUT2D eigenvalue weighted by Gasteiger charge is -2.15. The molecule has 2 N–H and O–H groups in total. The third-order valence-electron chi connectivity index (χ3n) is 5.10. The van der Waals surface area contributed by atoms with Crippen LogP contribution < -0.4 is 20.3 Å². The van der Waals surface area contributed by atoms with E-state index in [4.69, 9.17) is 9.47 Å².